The monoisotopic (exact) mass is 512 g/mol. The first kappa shape index (κ1) is 25.2. The van der Waals surface area contributed by atoms with Crippen molar-refractivity contribution in [1.29, 1.82) is 0 Å². The highest BCUT2D eigenvalue weighted by atomic mass is 32.3. The molecule has 1 aromatic carbocycles. The van der Waals surface area contributed by atoms with Crippen LogP contribution >= 0.6 is 10.9 Å². The zero-order valence-electron chi connectivity index (χ0n) is 15.9. The molecule has 3 nitrogen and oxygen atoms in total. The normalized spacial score (nSPS) is 23.2. The Labute approximate surface area is 173 Å². The van der Waals surface area contributed by atoms with Gasteiger partial charge in [0.15, 0.2) is 0 Å². The number of hydrogen-bond donors (Lipinski definition) is 1. The Morgan fingerprint density at radius 2 is 0.938 bits per heavy atom. The van der Waals surface area contributed by atoms with Crippen molar-refractivity contribution in [3.05, 3.63) is 28.8 Å². The van der Waals surface area contributed by atoms with Gasteiger partial charge in [0.25, 0.3) is 0 Å². The van der Waals surface area contributed by atoms with E-state index in [4.69, 9.17) is 0 Å². The van der Waals surface area contributed by atoms with Crippen LogP contribution in [-0.4, -0.2) is 29.3 Å². The van der Waals surface area contributed by atoms with Crippen molar-refractivity contribution in [3.8, 4) is 0 Å². The fraction of sp³-hybridized carbons (Fsp3) is 0.625. The van der Waals surface area contributed by atoms with Crippen LogP contribution in [0.1, 0.15) is 37.5 Å². The average Bonchev–Trinajstić information content (AvgIpc) is 2.95. The number of rotatable bonds is 0. The summed E-state index contributed by atoms with van der Waals surface area (Å²) >= 11 is 0. The lowest BCUT2D eigenvalue weighted by atomic mass is 9.78. The molecule has 0 fully saturated rings. The molecule has 0 saturated heterocycles. The van der Waals surface area contributed by atoms with Gasteiger partial charge in [0.05, 0.1) is 4.90 Å². The largest absolute Gasteiger partial charge is 0.432 e. The summed E-state index contributed by atoms with van der Waals surface area (Å²) in [6.45, 7) is 3.41. The second-order valence-electron chi connectivity index (χ2n) is 8.15. The van der Waals surface area contributed by atoms with Gasteiger partial charge in [-0.15, -0.1) is 0 Å². The summed E-state index contributed by atoms with van der Waals surface area (Å²) in [6.07, 6.45) is -25.8. The molecule has 184 valence electrons. The maximum Gasteiger partial charge on any atom is 0.432 e. The van der Waals surface area contributed by atoms with Crippen molar-refractivity contribution in [2.45, 2.75) is 67.0 Å². The topological polar surface area (TPSA) is 38.7 Å². The van der Waals surface area contributed by atoms with Gasteiger partial charge in [-0.2, -0.15) is 52.7 Å². The summed E-state index contributed by atoms with van der Waals surface area (Å²) in [4.78, 5) is -1.96. The van der Waals surface area contributed by atoms with E-state index in [1.807, 2.05) is 0 Å². The number of halogens is 12. The summed E-state index contributed by atoms with van der Waals surface area (Å²) in [6, 6.07) is 0.272. The maximum absolute atomic E-state index is 13.7. The molecule has 2 aliphatic rings. The zero-order chi connectivity index (χ0) is 25.1. The number of alkyl halides is 12. The van der Waals surface area contributed by atoms with E-state index < -0.39 is 73.8 Å². The molecule has 2 heterocycles. The van der Waals surface area contributed by atoms with Gasteiger partial charge < -0.3 is 4.55 Å². The number of benzene rings is 1. The first-order valence-electron chi connectivity index (χ1n) is 8.30. The Kier molecular flexibility index (Phi) is 4.88. The van der Waals surface area contributed by atoms with Gasteiger partial charge in [-0.05, 0) is 11.0 Å². The van der Waals surface area contributed by atoms with E-state index in [1.165, 1.54) is 0 Å². The Bertz CT molecular complexity index is 860. The molecular weight excluding hydrogens is 500 g/mol. The van der Waals surface area contributed by atoms with Crippen LogP contribution in [0.2, 0.25) is 0 Å². The summed E-state index contributed by atoms with van der Waals surface area (Å²) in [7, 11) is -5.80. The maximum atomic E-state index is 13.7. The summed E-state index contributed by atoms with van der Waals surface area (Å²) < 4.78 is 183. The van der Waals surface area contributed by atoms with Gasteiger partial charge in [-0.1, -0.05) is 32.9 Å². The van der Waals surface area contributed by atoms with Crippen LogP contribution in [0.5, 0.6) is 0 Å². The molecule has 32 heavy (non-hydrogen) atoms. The quantitative estimate of drug-likeness (QED) is 0.376. The van der Waals surface area contributed by atoms with E-state index in [2.05, 4.69) is 8.37 Å². The first-order chi connectivity index (χ1) is 13.9. The lowest BCUT2D eigenvalue weighted by Crippen LogP contribution is -2.57. The molecule has 2 aliphatic heterocycles. The van der Waals surface area contributed by atoms with E-state index in [9.17, 15) is 57.2 Å². The van der Waals surface area contributed by atoms with Crippen molar-refractivity contribution in [3.63, 3.8) is 0 Å². The van der Waals surface area contributed by atoms with Gasteiger partial charge in [-0.25, -0.2) is 0 Å². The molecule has 0 atom stereocenters. The van der Waals surface area contributed by atoms with Crippen molar-refractivity contribution in [2.24, 2.45) is 0 Å². The van der Waals surface area contributed by atoms with Crippen molar-refractivity contribution in [1.82, 2.24) is 0 Å². The van der Waals surface area contributed by atoms with Gasteiger partial charge in [-0.3, -0.25) is 8.37 Å². The molecular formula is C16H12F12O3S. The third kappa shape index (κ3) is 2.91. The van der Waals surface area contributed by atoms with Crippen LogP contribution in [0.3, 0.4) is 0 Å². The molecule has 0 aliphatic carbocycles. The predicted molar refractivity (Wildman–Crippen MR) is 83.4 cm³/mol. The Hall–Kier alpha value is -1.39. The van der Waals surface area contributed by atoms with Crippen LogP contribution < -0.4 is 0 Å². The minimum absolute atomic E-state index is 0.136. The lowest BCUT2D eigenvalue weighted by molar-refractivity contribution is -0.377. The van der Waals surface area contributed by atoms with Crippen molar-refractivity contribution in [2.75, 3.05) is 0 Å². The van der Waals surface area contributed by atoms with Crippen LogP contribution in [0, 0.1) is 0 Å². The molecule has 0 radical (unpaired) electrons. The van der Waals surface area contributed by atoms with E-state index in [1.54, 1.807) is 0 Å². The van der Waals surface area contributed by atoms with Crippen molar-refractivity contribution >= 4 is 10.9 Å². The third-order valence-corrected chi connectivity index (χ3v) is 6.95. The van der Waals surface area contributed by atoms with E-state index in [-0.39, 0.29) is 12.1 Å². The SMILES string of the molecule is CC(C)(C)c1cc2c3c(c1)C(C(F)(F)F)(C(F)(F)F)OS3(O)OC2(C(F)(F)F)C(F)(F)F. The molecule has 0 spiro atoms. The van der Waals surface area contributed by atoms with Crippen LogP contribution in [0.15, 0.2) is 17.0 Å². The predicted octanol–water partition coefficient (Wildman–Crippen LogP) is 7.15. The summed E-state index contributed by atoms with van der Waals surface area (Å²) in [5.74, 6) is 0. The Morgan fingerprint density at radius 3 is 1.16 bits per heavy atom. The van der Waals surface area contributed by atoms with E-state index >= 15 is 0 Å². The van der Waals surface area contributed by atoms with E-state index in [0.717, 1.165) is 20.8 Å². The highest BCUT2D eigenvalue weighted by Crippen LogP contribution is 2.82. The van der Waals surface area contributed by atoms with Crippen LogP contribution in [0.4, 0.5) is 52.7 Å². The van der Waals surface area contributed by atoms with Crippen molar-refractivity contribution < 1.29 is 65.6 Å². The van der Waals surface area contributed by atoms with Crippen LogP contribution in [-0.2, 0) is 25.0 Å². The second-order valence-corrected chi connectivity index (χ2v) is 9.84. The summed E-state index contributed by atoms with van der Waals surface area (Å²) in [5.41, 5.74) is -17.4. The fourth-order valence-corrected chi connectivity index (χ4v) is 5.91. The standard InChI is InChI=1S/C16H12F12O3S/c1-10(2,3)6-4-7-9-8(5-6)12(15(23,24)25,16(26,27)28)31-32(9,29)30-11(7,13(17,18)19)14(20,21)22/h4-5,29H,1-3H3. The number of hydrogen-bond acceptors (Lipinski definition) is 3. The second kappa shape index (κ2) is 6.18. The lowest BCUT2D eigenvalue weighted by Gasteiger charge is -2.40. The van der Waals surface area contributed by atoms with Gasteiger partial charge in [0.2, 0.25) is 0 Å². The van der Waals surface area contributed by atoms with Gasteiger partial charge >= 0.3 is 35.9 Å². The molecule has 0 aromatic heterocycles. The fourth-order valence-electron chi connectivity index (χ4n) is 3.51. The third-order valence-electron chi connectivity index (χ3n) is 5.04. The highest BCUT2D eigenvalue weighted by Gasteiger charge is 2.86. The highest BCUT2D eigenvalue weighted by molar-refractivity contribution is 8.21. The molecule has 1 N–H and O–H groups in total. The first-order valence-corrected chi connectivity index (χ1v) is 9.74. The molecule has 0 unspecified atom stereocenters. The molecule has 16 heteroatoms. The molecule has 3 rings (SSSR count). The van der Waals surface area contributed by atoms with Gasteiger partial charge in [0.1, 0.15) is 10.9 Å². The van der Waals surface area contributed by atoms with E-state index in [0.29, 0.717) is 0 Å². The van der Waals surface area contributed by atoms with Gasteiger partial charge in [0, 0.05) is 11.1 Å². The van der Waals surface area contributed by atoms with Crippen LogP contribution in [0.25, 0.3) is 0 Å². The molecule has 0 bridgehead atoms. The average molecular weight is 512 g/mol. The minimum atomic E-state index is -6.44. The summed E-state index contributed by atoms with van der Waals surface area (Å²) in [5, 5.41) is 0. The Balaban J connectivity index is 2.60. The Morgan fingerprint density at radius 1 is 0.656 bits per heavy atom. The molecule has 0 saturated carbocycles. The zero-order valence-corrected chi connectivity index (χ0v) is 16.7. The molecule has 1 aromatic rings. The smallest absolute Gasteiger partial charge is 0.304 e. The molecule has 0 amide bonds. The minimum Gasteiger partial charge on any atom is -0.304 e.